The quantitative estimate of drug-likeness (QED) is 0.405. The fourth-order valence-corrected chi connectivity index (χ4v) is 1.37. The van der Waals surface area contributed by atoms with Crippen LogP contribution < -0.4 is 10.5 Å². The van der Waals surface area contributed by atoms with Crippen LogP contribution in [0.25, 0.3) is 0 Å². The molecule has 19 heavy (non-hydrogen) atoms. The van der Waals surface area contributed by atoms with Gasteiger partial charge in [0, 0.05) is 25.7 Å². The number of ether oxygens (including phenoxy) is 3. The monoisotopic (exact) mass is 270 g/mol. The fraction of sp³-hybridized carbons (Fsp3) is 0.462. The molecule has 0 bridgehead atoms. The minimum Gasteiger partial charge on any atom is -0.490 e. The molecule has 5 nitrogen and oxygen atoms in total. The lowest BCUT2D eigenvalue weighted by Gasteiger charge is -2.08. The molecule has 1 aromatic rings. The molecule has 0 aromatic heterocycles. The van der Waals surface area contributed by atoms with Crippen molar-refractivity contribution in [3.8, 4) is 5.75 Å². The second kappa shape index (κ2) is 8.44. The third-order valence-corrected chi connectivity index (χ3v) is 2.37. The van der Waals surface area contributed by atoms with E-state index in [0.717, 1.165) is 0 Å². The van der Waals surface area contributed by atoms with Gasteiger partial charge in [-0.2, -0.15) is 0 Å². The van der Waals surface area contributed by atoms with Crippen molar-refractivity contribution in [3.05, 3.63) is 29.6 Å². The zero-order valence-corrected chi connectivity index (χ0v) is 10.9. The Labute approximate surface area is 112 Å². The molecule has 0 aliphatic carbocycles. The van der Waals surface area contributed by atoms with Gasteiger partial charge in [-0.25, -0.2) is 4.39 Å². The van der Waals surface area contributed by atoms with E-state index in [9.17, 15) is 4.39 Å². The molecule has 1 rings (SSSR count). The van der Waals surface area contributed by atoms with Crippen LogP contribution in [0.15, 0.2) is 18.2 Å². The number of halogens is 1. The van der Waals surface area contributed by atoms with Crippen molar-refractivity contribution in [3.63, 3.8) is 0 Å². The lowest BCUT2D eigenvalue weighted by molar-refractivity contribution is 0.0642. The number of amidine groups is 1. The summed E-state index contributed by atoms with van der Waals surface area (Å²) in [6.07, 6.45) is 0.664. The molecular weight excluding hydrogens is 251 g/mol. The maximum Gasteiger partial charge on any atom is 0.165 e. The predicted molar refractivity (Wildman–Crippen MR) is 70.2 cm³/mol. The molecule has 0 spiro atoms. The minimum atomic E-state index is -0.520. The predicted octanol–water partition coefficient (Wildman–Crippen LogP) is 1.54. The first-order valence-electron chi connectivity index (χ1n) is 5.98. The second-order valence-corrected chi connectivity index (χ2v) is 3.87. The highest BCUT2D eigenvalue weighted by Gasteiger charge is 2.06. The van der Waals surface area contributed by atoms with Crippen LogP contribution in [0, 0.1) is 11.2 Å². The van der Waals surface area contributed by atoms with Crippen molar-refractivity contribution in [1.29, 1.82) is 5.41 Å². The van der Waals surface area contributed by atoms with E-state index in [0.29, 0.717) is 38.4 Å². The Hall–Kier alpha value is -1.66. The summed E-state index contributed by atoms with van der Waals surface area (Å²) in [6, 6.07) is 4.21. The topological polar surface area (TPSA) is 77.6 Å². The van der Waals surface area contributed by atoms with Gasteiger partial charge < -0.3 is 19.9 Å². The molecule has 0 heterocycles. The number of nitrogens with two attached hydrogens (primary N) is 1. The maximum atomic E-state index is 13.6. The Kier molecular flexibility index (Phi) is 6.84. The van der Waals surface area contributed by atoms with Gasteiger partial charge in [-0.1, -0.05) is 0 Å². The summed E-state index contributed by atoms with van der Waals surface area (Å²) in [4.78, 5) is 0. The maximum absolute atomic E-state index is 13.6. The van der Waals surface area contributed by atoms with Gasteiger partial charge in [0.25, 0.3) is 0 Å². The molecular formula is C13H19FN2O3. The van der Waals surface area contributed by atoms with E-state index in [2.05, 4.69) is 0 Å². The van der Waals surface area contributed by atoms with Crippen LogP contribution in [-0.4, -0.2) is 39.4 Å². The number of nitrogens with one attached hydrogen (secondary N) is 1. The van der Waals surface area contributed by atoms with Gasteiger partial charge in [-0.15, -0.1) is 0 Å². The summed E-state index contributed by atoms with van der Waals surface area (Å²) in [5.41, 5.74) is 5.60. The Morgan fingerprint density at radius 1 is 1.26 bits per heavy atom. The molecule has 6 heteroatoms. The molecule has 106 valence electrons. The first kappa shape index (κ1) is 15.4. The molecule has 0 atom stereocenters. The van der Waals surface area contributed by atoms with Crippen LogP contribution in [0.1, 0.15) is 12.0 Å². The molecule has 0 saturated heterocycles. The number of methoxy groups -OCH3 is 1. The third kappa shape index (κ3) is 5.67. The normalized spacial score (nSPS) is 10.4. The molecule has 0 amide bonds. The number of benzene rings is 1. The number of hydrogen-bond donors (Lipinski definition) is 2. The molecule has 3 N–H and O–H groups in total. The lowest BCUT2D eigenvalue weighted by Crippen LogP contribution is -2.11. The van der Waals surface area contributed by atoms with Gasteiger partial charge in [-0.3, -0.25) is 5.41 Å². The van der Waals surface area contributed by atoms with Crippen LogP contribution in [0.5, 0.6) is 5.75 Å². The largest absolute Gasteiger partial charge is 0.490 e. The summed E-state index contributed by atoms with van der Waals surface area (Å²) < 4.78 is 28.9. The number of hydrogen-bond acceptors (Lipinski definition) is 4. The number of nitrogen functional groups attached to an aromatic ring is 1. The average molecular weight is 270 g/mol. The van der Waals surface area contributed by atoms with Crippen LogP contribution in [0.2, 0.25) is 0 Å². The summed E-state index contributed by atoms with van der Waals surface area (Å²) in [5, 5.41) is 7.19. The van der Waals surface area contributed by atoms with Crippen LogP contribution in [0.4, 0.5) is 4.39 Å². The fourth-order valence-electron chi connectivity index (χ4n) is 1.37. The average Bonchev–Trinajstić information content (AvgIpc) is 2.39. The number of rotatable bonds is 9. The van der Waals surface area contributed by atoms with Crippen LogP contribution in [0.3, 0.4) is 0 Å². The molecule has 0 aliphatic rings. The third-order valence-electron chi connectivity index (χ3n) is 2.37. The van der Waals surface area contributed by atoms with Gasteiger partial charge in [0.1, 0.15) is 5.84 Å². The molecule has 0 aliphatic heterocycles. The van der Waals surface area contributed by atoms with Crippen LogP contribution in [-0.2, 0) is 9.47 Å². The Balaban J connectivity index is 2.28. The summed E-state index contributed by atoms with van der Waals surface area (Å²) >= 11 is 0. The first-order valence-corrected chi connectivity index (χ1v) is 5.98. The van der Waals surface area contributed by atoms with Crippen molar-refractivity contribution in [1.82, 2.24) is 0 Å². The van der Waals surface area contributed by atoms with Crippen LogP contribution >= 0.6 is 0 Å². The summed E-state index contributed by atoms with van der Waals surface area (Å²) in [6.45, 7) is 2.00. The standard InChI is InChI=1S/C13H19FN2O3/c1-17-7-8-18-5-2-6-19-12-4-3-10(13(15)16)9-11(12)14/h3-4,9H,2,5-8H2,1H3,(H3,15,16). The highest BCUT2D eigenvalue weighted by molar-refractivity contribution is 5.95. The van der Waals surface area contributed by atoms with Crippen molar-refractivity contribution in [2.45, 2.75) is 6.42 Å². The lowest BCUT2D eigenvalue weighted by atomic mass is 10.2. The molecule has 1 aromatic carbocycles. The van der Waals surface area contributed by atoms with E-state index in [1.807, 2.05) is 0 Å². The smallest absolute Gasteiger partial charge is 0.165 e. The van der Waals surface area contributed by atoms with Gasteiger partial charge in [0.15, 0.2) is 11.6 Å². The van der Waals surface area contributed by atoms with Gasteiger partial charge in [0.2, 0.25) is 0 Å². The molecule has 0 saturated carbocycles. The molecule has 0 radical (unpaired) electrons. The highest BCUT2D eigenvalue weighted by Crippen LogP contribution is 2.18. The van der Waals surface area contributed by atoms with E-state index >= 15 is 0 Å². The van der Waals surface area contributed by atoms with E-state index in [1.165, 1.54) is 12.1 Å². The first-order chi connectivity index (χ1) is 9.15. The molecule has 0 unspecified atom stereocenters. The Bertz CT molecular complexity index is 413. The Morgan fingerprint density at radius 3 is 2.68 bits per heavy atom. The van der Waals surface area contributed by atoms with Crippen molar-refractivity contribution >= 4 is 5.84 Å². The summed E-state index contributed by atoms with van der Waals surface area (Å²) in [5.74, 6) is -0.535. The van der Waals surface area contributed by atoms with E-state index in [4.69, 9.17) is 25.4 Å². The van der Waals surface area contributed by atoms with Gasteiger partial charge in [-0.05, 0) is 18.2 Å². The van der Waals surface area contributed by atoms with Crippen molar-refractivity contribution in [2.75, 3.05) is 33.5 Å². The van der Waals surface area contributed by atoms with Crippen molar-refractivity contribution in [2.24, 2.45) is 5.73 Å². The van der Waals surface area contributed by atoms with E-state index in [-0.39, 0.29) is 11.6 Å². The SMILES string of the molecule is COCCOCCCOc1ccc(C(=N)N)cc1F. The van der Waals surface area contributed by atoms with Gasteiger partial charge in [0.05, 0.1) is 19.8 Å². The highest BCUT2D eigenvalue weighted by atomic mass is 19.1. The van der Waals surface area contributed by atoms with Crippen molar-refractivity contribution < 1.29 is 18.6 Å². The molecule has 0 fully saturated rings. The minimum absolute atomic E-state index is 0.155. The zero-order valence-electron chi connectivity index (χ0n) is 10.9. The van der Waals surface area contributed by atoms with E-state index < -0.39 is 5.82 Å². The Morgan fingerprint density at radius 2 is 2.05 bits per heavy atom. The van der Waals surface area contributed by atoms with Gasteiger partial charge >= 0.3 is 0 Å². The summed E-state index contributed by atoms with van der Waals surface area (Å²) in [7, 11) is 1.61. The van der Waals surface area contributed by atoms with E-state index in [1.54, 1.807) is 13.2 Å². The second-order valence-electron chi connectivity index (χ2n) is 3.87. The zero-order chi connectivity index (χ0) is 14.1.